The average Bonchev–Trinajstić information content (AvgIpc) is 3.92. The molecule has 0 bridgehead atoms. The van der Waals surface area contributed by atoms with Crippen LogP contribution < -0.4 is 21.2 Å². The first-order chi connectivity index (χ1) is 18.1. The van der Waals surface area contributed by atoms with Gasteiger partial charge < -0.3 is 0 Å². The Morgan fingerprint density at radius 3 is 0.868 bits per heavy atom. The zero-order valence-corrected chi connectivity index (χ0v) is 24.7. The quantitative estimate of drug-likeness (QED) is 0.157. The molecule has 10 heterocycles. The molecule has 10 aliphatic rings. The molecule has 10 aliphatic heterocycles. The third-order valence-corrected chi connectivity index (χ3v) is 76.3. The second kappa shape index (κ2) is 3.12. The van der Waals surface area contributed by atoms with Gasteiger partial charge in [-0.05, 0) is 0 Å². The van der Waals surface area contributed by atoms with Crippen LogP contribution in [-0.4, -0.2) is 8.11 Å². The van der Waals surface area contributed by atoms with E-state index < -0.39 is 6.51 Å². The van der Waals surface area contributed by atoms with Crippen molar-refractivity contribution >= 4 is 37.1 Å². The Balaban J connectivity index is 0.00000179. The van der Waals surface area contributed by atoms with Crippen molar-refractivity contribution in [1.29, 1.82) is 0 Å². The molecule has 191 valence electrons. The molecule has 38 heavy (non-hydrogen) atoms. The molecule has 1 spiro atoms. The standard InChI is InChI=1S/C29H23P2.C5H5.Co.Fe/c1-5-14-24(15-6-1)30(25-16-7-2-8-17-25)28-22-13-23-29(28)31(26-18-9-3-10-19-26)27-20-11-4-12-21-27;1-2-4-5-3-1;;/h1-23H;1-5H;;. The maximum atomic E-state index is 2.55. The van der Waals surface area contributed by atoms with Crippen LogP contribution in [0, 0.1) is 0 Å². The molecule has 0 amide bonds. The summed E-state index contributed by atoms with van der Waals surface area (Å²) in [6.45, 7) is -3.82. The molecule has 1 radical (unpaired) electrons. The van der Waals surface area contributed by atoms with Gasteiger partial charge >= 0.3 is 212 Å². The normalized spacial score (nSPS) is 61.4. The third kappa shape index (κ3) is 0.485. The molecular formula is C34H28CoFeP2. The Bertz CT molecular complexity index is 1910. The Hall–Kier alpha value is -1.23. The van der Waals surface area contributed by atoms with Gasteiger partial charge in [-0.25, -0.2) is 0 Å². The molecule has 10 fully saturated rings. The second-order valence-corrected chi connectivity index (χ2v) is 44.5. The number of fused-ring (bicyclic) bond motifs is 10. The van der Waals surface area contributed by atoms with Crippen LogP contribution in [0.4, 0.5) is 0 Å². The van der Waals surface area contributed by atoms with E-state index in [4.69, 9.17) is 0 Å². The van der Waals surface area contributed by atoms with Gasteiger partial charge in [0.25, 0.3) is 0 Å². The van der Waals surface area contributed by atoms with E-state index in [-0.39, 0.29) is 32.6 Å². The Morgan fingerprint density at radius 1 is 0.395 bits per heavy atom. The van der Waals surface area contributed by atoms with Crippen LogP contribution in [0.25, 0.3) is 0 Å². The molecule has 4 atom stereocenters. The molecule has 10 saturated heterocycles. The van der Waals surface area contributed by atoms with Gasteiger partial charge in [0.1, 0.15) is 0 Å². The van der Waals surface area contributed by atoms with E-state index in [9.17, 15) is 0 Å². The van der Waals surface area contributed by atoms with E-state index in [1.807, 2.05) is 0 Å². The van der Waals surface area contributed by atoms with Gasteiger partial charge in [0.05, 0.1) is 0 Å². The zero-order chi connectivity index (χ0) is 23.5. The summed E-state index contributed by atoms with van der Waals surface area (Å²) in [4.78, 5) is 10.2. The molecular weight excluding hydrogens is 585 g/mol. The summed E-state index contributed by atoms with van der Waals surface area (Å²) in [6.07, 6.45) is 0. The van der Waals surface area contributed by atoms with Crippen molar-refractivity contribution in [3.8, 4) is 0 Å². The van der Waals surface area contributed by atoms with Crippen molar-refractivity contribution in [2.24, 2.45) is 0 Å². The Labute approximate surface area is 227 Å². The minimum atomic E-state index is -3.82. The molecule has 4 aromatic rings. The predicted molar refractivity (Wildman–Crippen MR) is 154 cm³/mol. The van der Waals surface area contributed by atoms with Crippen molar-refractivity contribution < 1.29 is 23.3 Å². The predicted octanol–water partition coefficient (Wildman–Crippen LogP) is 7.45. The molecule has 14 rings (SSSR count). The molecule has 0 aliphatic carbocycles. The van der Waals surface area contributed by atoms with Gasteiger partial charge in [-0.1, -0.05) is 0 Å². The summed E-state index contributed by atoms with van der Waals surface area (Å²) >= 11 is 0. The topological polar surface area (TPSA) is 0 Å². The molecule has 4 aromatic carbocycles. The van der Waals surface area contributed by atoms with E-state index in [0.29, 0.717) is 0 Å². The van der Waals surface area contributed by atoms with Crippen LogP contribution in [0.1, 0.15) is 0 Å². The van der Waals surface area contributed by atoms with Crippen LogP contribution >= 0.6 is 15.8 Å². The summed E-state index contributed by atoms with van der Waals surface area (Å²) < 4.78 is 1.48. The summed E-state index contributed by atoms with van der Waals surface area (Å²) in [6, 6.07) is 48.2. The van der Waals surface area contributed by atoms with Gasteiger partial charge in [-0.3, -0.25) is 0 Å². The fourth-order valence-corrected chi connectivity index (χ4v) is 126. The number of rotatable bonds is 6. The van der Waals surface area contributed by atoms with Gasteiger partial charge in [0.2, 0.25) is 0 Å². The van der Waals surface area contributed by atoms with Crippen LogP contribution in [0.3, 0.4) is 0 Å². The summed E-state index contributed by atoms with van der Waals surface area (Å²) in [5.74, 6) is 0. The fourth-order valence-electron chi connectivity index (χ4n) is 20.9. The number of hydrogen-bond donors (Lipinski definition) is 0. The number of benzene rings is 4. The molecule has 0 N–H and O–H groups in total. The summed E-state index contributed by atoms with van der Waals surface area (Å²) in [5.41, 5.74) is 0. The molecule has 4 unspecified atom stereocenters. The SMILES string of the molecule is [Co].c1ccc(P(c2ccccc2)[C]23[CH]4[CH]5[CH]6[C]2(P(c2ccccc2)c2ccccc2)[Fe]54632789[CH]3[CH]2[CH]7[CH]8[CH]39)cc1. The van der Waals surface area contributed by atoms with Gasteiger partial charge in [-0.15, -0.1) is 0 Å². The zero-order valence-electron chi connectivity index (χ0n) is 20.7. The minimum absolute atomic E-state index is 0. The monoisotopic (exact) mass is 613 g/mol. The van der Waals surface area contributed by atoms with E-state index >= 15 is 0 Å². The van der Waals surface area contributed by atoms with Crippen molar-refractivity contribution in [1.82, 2.24) is 0 Å². The molecule has 0 aromatic heterocycles. The van der Waals surface area contributed by atoms with Crippen molar-refractivity contribution in [2.75, 3.05) is 0 Å². The molecule has 0 nitrogen and oxygen atoms in total. The van der Waals surface area contributed by atoms with Crippen LogP contribution in [0.5, 0.6) is 0 Å². The van der Waals surface area contributed by atoms with Gasteiger partial charge in [-0.2, -0.15) is 0 Å². The first-order valence-corrected chi connectivity index (χ1v) is 23.0. The van der Waals surface area contributed by atoms with E-state index in [1.54, 1.807) is 21.2 Å². The maximum absolute atomic E-state index is 3.82. The Kier molecular flexibility index (Phi) is 1.62. The van der Waals surface area contributed by atoms with E-state index in [1.165, 1.54) is 38.5 Å². The van der Waals surface area contributed by atoms with Crippen LogP contribution in [0.2, 0.25) is 38.5 Å². The molecule has 0 saturated carbocycles. The first kappa shape index (κ1) is 19.8. The van der Waals surface area contributed by atoms with Gasteiger partial charge in [0, 0.05) is 16.8 Å². The van der Waals surface area contributed by atoms with Crippen molar-refractivity contribution in [3.05, 3.63) is 121 Å². The summed E-state index contributed by atoms with van der Waals surface area (Å²) in [5, 5.41) is 6.86. The molecule has 4 heteroatoms. The third-order valence-electron chi connectivity index (χ3n) is 19.4. The Morgan fingerprint density at radius 2 is 0.658 bits per heavy atom. The van der Waals surface area contributed by atoms with E-state index in [0.717, 1.165) is 8.11 Å². The second-order valence-electron chi connectivity index (χ2n) is 15.7. The summed E-state index contributed by atoms with van der Waals surface area (Å²) in [7, 11) is -0.628. The first-order valence-electron chi connectivity index (χ1n) is 14.1. The van der Waals surface area contributed by atoms with Gasteiger partial charge in [0.15, 0.2) is 0 Å². The van der Waals surface area contributed by atoms with Crippen LogP contribution in [0.15, 0.2) is 121 Å². The van der Waals surface area contributed by atoms with Crippen molar-refractivity contribution in [3.63, 3.8) is 0 Å². The van der Waals surface area contributed by atoms with Crippen LogP contribution in [-0.2, 0) is 23.3 Å². The number of hydrogen-bond acceptors (Lipinski definition) is 0. The average molecular weight is 613 g/mol. The van der Waals surface area contributed by atoms with E-state index in [2.05, 4.69) is 121 Å². The fraction of sp³-hybridized carbons (Fsp3) is 0.294. The van der Waals surface area contributed by atoms with Crippen molar-refractivity contribution in [2.45, 2.75) is 46.6 Å².